The third-order valence-electron chi connectivity index (χ3n) is 3.34. The van der Waals surface area contributed by atoms with E-state index in [-0.39, 0.29) is 5.97 Å². The predicted molar refractivity (Wildman–Crippen MR) is 66.5 cm³/mol. The van der Waals surface area contributed by atoms with Crippen LogP contribution in [0.1, 0.15) is 25.8 Å². The van der Waals surface area contributed by atoms with Crippen molar-refractivity contribution in [3.8, 4) is 0 Å². The van der Waals surface area contributed by atoms with E-state index >= 15 is 0 Å². The van der Waals surface area contributed by atoms with Crippen LogP contribution in [0.4, 0.5) is 0 Å². The van der Waals surface area contributed by atoms with Crippen LogP contribution in [0.25, 0.3) is 0 Å². The van der Waals surface area contributed by atoms with Gasteiger partial charge in [-0.2, -0.15) is 0 Å². The molecular weight excluding hydrogens is 214 g/mol. The van der Waals surface area contributed by atoms with E-state index in [0.29, 0.717) is 18.7 Å². The first-order chi connectivity index (χ1) is 8.18. The molecule has 0 spiro atoms. The van der Waals surface area contributed by atoms with Gasteiger partial charge in [0.25, 0.3) is 0 Å². The Morgan fingerprint density at radius 3 is 2.71 bits per heavy atom. The van der Waals surface area contributed by atoms with E-state index in [9.17, 15) is 4.79 Å². The summed E-state index contributed by atoms with van der Waals surface area (Å²) >= 11 is 0. The average Bonchev–Trinajstić information content (AvgIpc) is 2.90. The van der Waals surface area contributed by atoms with Crippen LogP contribution in [0, 0.1) is 0 Å². The van der Waals surface area contributed by atoms with Gasteiger partial charge in [-0.25, -0.2) is 0 Å². The SMILES string of the molecule is CC(=O)OCCC1C(C)N1Cc1ccccc1. The van der Waals surface area contributed by atoms with Gasteiger partial charge in [-0.3, -0.25) is 9.69 Å². The monoisotopic (exact) mass is 233 g/mol. The number of esters is 1. The van der Waals surface area contributed by atoms with E-state index in [4.69, 9.17) is 4.74 Å². The van der Waals surface area contributed by atoms with Crippen molar-refractivity contribution in [3.63, 3.8) is 0 Å². The lowest BCUT2D eigenvalue weighted by Gasteiger charge is -2.04. The molecule has 1 aromatic rings. The highest BCUT2D eigenvalue weighted by Crippen LogP contribution is 2.32. The van der Waals surface area contributed by atoms with Gasteiger partial charge < -0.3 is 4.74 Å². The third kappa shape index (κ3) is 3.30. The molecule has 0 aromatic heterocycles. The second-order valence-electron chi connectivity index (χ2n) is 4.59. The summed E-state index contributed by atoms with van der Waals surface area (Å²) in [5.74, 6) is -0.187. The first-order valence-electron chi connectivity index (χ1n) is 6.11. The molecule has 0 radical (unpaired) electrons. The van der Waals surface area contributed by atoms with Crippen molar-refractivity contribution in [2.75, 3.05) is 6.61 Å². The lowest BCUT2D eigenvalue weighted by Crippen LogP contribution is -2.07. The summed E-state index contributed by atoms with van der Waals surface area (Å²) in [5.41, 5.74) is 1.34. The van der Waals surface area contributed by atoms with E-state index in [1.54, 1.807) is 0 Å². The fraction of sp³-hybridized carbons (Fsp3) is 0.500. The van der Waals surface area contributed by atoms with Crippen LogP contribution in [0.3, 0.4) is 0 Å². The number of hydrogen-bond donors (Lipinski definition) is 0. The topological polar surface area (TPSA) is 29.3 Å². The maximum Gasteiger partial charge on any atom is 0.302 e. The summed E-state index contributed by atoms with van der Waals surface area (Å²) in [4.78, 5) is 13.1. The average molecular weight is 233 g/mol. The van der Waals surface area contributed by atoms with E-state index in [2.05, 4.69) is 36.1 Å². The normalized spacial score (nSPS) is 26.6. The van der Waals surface area contributed by atoms with Crippen LogP contribution in [-0.4, -0.2) is 29.6 Å². The van der Waals surface area contributed by atoms with Crippen molar-refractivity contribution >= 4 is 5.97 Å². The first-order valence-corrected chi connectivity index (χ1v) is 6.11. The molecule has 0 bridgehead atoms. The highest BCUT2D eigenvalue weighted by atomic mass is 16.5. The zero-order chi connectivity index (χ0) is 12.3. The van der Waals surface area contributed by atoms with Crippen LogP contribution in [0.2, 0.25) is 0 Å². The molecule has 1 fully saturated rings. The van der Waals surface area contributed by atoms with Crippen LogP contribution in [0.5, 0.6) is 0 Å². The Hall–Kier alpha value is -1.35. The molecule has 1 aromatic carbocycles. The van der Waals surface area contributed by atoms with E-state index in [1.165, 1.54) is 12.5 Å². The Labute approximate surface area is 102 Å². The van der Waals surface area contributed by atoms with E-state index in [1.807, 2.05) is 6.07 Å². The van der Waals surface area contributed by atoms with E-state index < -0.39 is 0 Å². The molecule has 0 N–H and O–H groups in total. The first kappa shape index (κ1) is 12.1. The van der Waals surface area contributed by atoms with E-state index in [0.717, 1.165) is 13.0 Å². The molecule has 92 valence electrons. The van der Waals surface area contributed by atoms with Crippen molar-refractivity contribution in [2.45, 2.75) is 38.9 Å². The molecule has 0 saturated carbocycles. The Bertz CT molecular complexity index is 377. The molecule has 3 atom stereocenters. The molecule has 3 unspecified atom stereocenters. The van der Waals surface area contributed by atoms with Gasteiger partial charge in [-0.05, 0) is 18.9 Å². The Morgan fingerprint density at radius 1 is 1.35 bits per heavy atom. The molecule has 2 rings (SSSR count). The van der Waals surface area contributed by atoms with Crippen molar-refractivity contribution < 1.29 is 9.53 Å². The number of carbonyl (C=O) groups is 1. The summed E-state index contributed by atoms with van der Waals surface area (Å²) in [7, 11) is 0. The maximum atomic E-state index is 10.7. The van der Waals surface area contributed by atoms with Crippen molar-refractivity contribution in [1.82, 2.24) is 4.90 Å². The minimum absolute atomic E-state index is 0.187. The molecule has 0 amide bonds. The van der Waals surface area contributed by atoms with Crippen molar-refractivity contribution in [1.29, 1.82) is 0 Å². The number of hydrogen-bond acceptors (Lipinski definition) is 3. The molecule has 1 aliphatic heterocycles. The summed E-state index contributed by atoms with van der Waals surface area (Å²) in [6.07, 6.45) is 0.938. The van der Waals surface area contributed by atoms with Crippen LogP contribution >= 0.6 is 0 Å². The standard InChI is InChI=1S/C14H19NO2/c1-11-14(8-9-17-12(2)16)15(11)10-13-6-4-3-5-7-13/h3-7,11,14H,8-10H2,1-2H3. The van der Waals surface area contributed by atoms with Gasteiger partial charge in [0.1, 0.15) is 0 Å². The summed E-state index contributed by atoms with van der Waals surface area (Å²) < 4.78 is 4.97. The second kappa shape index (κ2) is 5.32. The molecule has 1 aliphatic rings. The fourth-order valence-corrected chi connectivity index (χ4v) is 2.27. The lowest BCUT2D eigenvalue weighted by molar-refractivity contribution is -0.141. The molecule has 3 heteroatoms. The van der Waals surface area contributed by atoms with Gasteiger partial charge in [0.05, 0.1) is 6.61 Å². The number of benzene rings is 1. The molecule has 17 heavy (non-hydrogen) atoms. The van der Waals surface area contributed by atoms with Gasteiger partial charge in [0.15, 0.2) is 0 Å². The molecule has 0 aliphatic carbocycles. The van der Waals surface area contributed by atoms with Crippen LogP contribution < -0.4 is 0 Å². The minimum Gasteiger partial charge on any atom is -0.466 e. The molecule has 3 nitrogen and oxygen atoms in total. The van der Waals surface area contributed by atoms with Gasteiger partial charge in [0.2, 0.25) is 0 Å². The fourth-order valence-electron chi connectivity index (χ4n) is 2.27. The smallest absolute Gasteiger partial charge is 0.302 e. The summed E-state index contributed by atoms with van der Waals surface area (Å²) in [6, 6.07) is 11.6. The third-order valence-corrected chi connectivity index (χ3v) is 3.34. The summed E-state index contributed by atoms with van der Waals surface area (Å²) in [5, 5.41) is 0. The molecular formula is C14H19NO2. The maximum absolute atomic E-state index is 10.7. The van der Waals surface area contributed by atoms with Crippen LogP contribution in [-0.2, 0) is 16.1 Å². The van der Waals surface area contributed by atoms with Gasteiger partial charge in [-0.1, -0.05) is 30.3 Å². The predicted octanol–water partition coefficient (Wildman–Crippen LogP) is 2.21. The Morgan fingerprint density at radius 2 is 2.06 bits per heavy atom. The van der Waals surface area contributed by atoms with Crippen LogP contribution in [0.15, 0.2) is 30.3 Å². The molecule has 1 saturated heterocycles. The zero-order valence-electron chi connectivity index (χ0n) is 10.4. The Balaban J connectivity index is 1.75. The molecule has 1 heterocycles. The number of carbonyl (C=O) groups excluding carboxylic acids is 1. The zero-order valence-corrected chi connectivity index (χ0v) is 10.4. The number of ether oxygens (including phenoxy) is 1. The van der Waals surface area contributed by atoms with Gasteiger partial charge in [0, 0.05) is 25.6 Å². The Kier molecular flexibility index (Phi) is 3.79. The summed E-state index contributed by atoms with van der Waals surface area (Å²) in [6.45, 7) is 5.21. The number of rotatable bonds is 5. The highest BCUT2D eigenvalue weighted by Gasteiger charge is 2.42. The largest absolute Gasteiger partial charge is 0.466 e. The number of nitrogens with zero attached hydrogens (tertiary/aromatic N) is 1. The van der Waals surface area contributed by atoms with Gasteiger partial charge >= 0.3 is 5.97 Å². The second-order valence-corrected chi connectivity index (χ2v) is 4.59. The minimum atomic E-state index is -0.187. The highest BCUT2D eigenvalue weighted by molar-refractivity contribution is 5.65. The lowest BCUT2D eigenvalue weighted by atomic mass is 10.2. The van der Waals surface area contributed by atoms with Gasteiger partial charge in [-0.15, -0.1) is 0 Å². The van der Waals surface area contributed by atoms with Crippen molar-refractivity contribution in [3.05, 3.63) is 35.9 Å². The van der Waals surface area contributed by atoms with Crippen molar-refractivity contribution in [2.24, 2.45) is 0 Å². The quantitative estimate of drug-likeness (QED) is 0.577.